The molecule has 3 N–H and O–H groups in total. The van der Waals surface area contributed by atoms with Gasteiger partial charge >= 0.3 is 5.97 Å². The third-order valence-electron chi connectivity index (χ3n) is 1.86. The van der Waals surface area contributed by atoms with Crippen LogP contribution in [0.15, 0.2) is 4.99 Å². The van der Waals surface area contributed by atoms with Crippen molar-refractivity contribution in [3.8, 4) is 0 Å². The van der Waals surface area contributed by atoms with Crippen LogP contribution in [0, 0.1) is 5.41 Å². The third-order valence-corrected chi connectivity index (χ3v) is 2.84. The predicted molar refractivity (Wildman–Crippen MR) is 81.3 cm³/mol. The number of carboxylic acids is 1. The molecule has 19 heavy (non-hydrogen) atoms. The Balaban J connectivity index is 4.87. The van der Waals surface area contributed by atoms with Crippen molar-refractivity contribution in [3.05, 3.63) is 0 Å². The quantitative estimate of drug-likeness (QED) is 0.275. The zero-order valence-corrected chi connectivity index (χ0v) is 12.3. The molecule has 106 valence electrons. The average Bonchev–Trinajstić information content (AvgIpc) is 2.39. The molecule has 0 bridgehead atoms. The van der Waals surface area contributed by atoms with Gasteiger partial charge in [0.25, 0.3) is 11.8 Å². The fourth-order valence-electron chi connectivity index (χ4n) is 0.864. The lowest BCUT2D eigenvalue weighted by atomic mass is 10.2. The first-order chi connectivity index (χ1) is 8.87. The number of carbonyl (C=O) groups excluding carboxylic acids is 2. The van der Waals surface area contributed by atoms with Crippen LogP contribution in [-0.4, -0.2) is 57.6 Å². The number of aliphatic imine (C=N–C) groups is 1. The van der Waals surface area contributed by atoms with Gasteiger partial charge in [-0.1, -0.05) is 0 Å². The molecule has 0 unspecified atom stereocenters. The molecule has 1 atom stereocenters. The van der Waals surface area contributed by atoms with Crippen molar-refractivity contribution in [3.63, 3.8) is 0 Å². The SMILES string of the molecule is N=C(CS)C(=O)N[C@@H](CS)C(=O)/N=C(\CS)C(=O)O. The second kappa shape index (κ2) is 8.99. The number of nitrogens with zero attached hydrogens (tertiary/aromatic N) is 1. The van der Waals surface area contributed by atoms with Crippen LogP contribution in [-0.2, 0) is 14.4 Å². The molecule has 0 saturated carbocycles. The Morgan fingerprint density at radius 2 is 1.79 bits per heavy atom. The van der Waals surface area contributed by atoms with Crippen molar-refractivity contribution in [2.75, 3.05) is 17.3 Å². The number of aliphatic carboxylic acids is 1. The number of rotatable bonds is 7. The minimum absolute atomic E-state index is 0.0760. The van der Waals surface area contributed by atoms with Crippen LogP contribution in [0.2, 0.25) is 0 Å². The second-order valence-corrected chi connectivity index (χ2v) is 4.20. The largest absolute Gasteiger partial charge is 0.477 e. The van der Waals surface area contributed by atoms with Crippen LogP contribution in [0.3, 0.4) is 0 Å². The summed E-state index contributed by atoms with van der Waals surface area (Å²) in [6.07, 6.45) is 0. The molecule has 0 rings (SSSR count). The van der Waals surface area contributed by atoms with Crippen LogP contribution in [0.4, 0.5) is 0 Å². The molecule has 0 spiro atoms. The van der Waals surface area contributed by atoms with E-state index in [0.29, 0.717) is 0 Å². The van der Waals surface area contributed by atoms with Gasteiger partial charge in [0, 0.05) is 17.3 Å². The van der Waals surface area contributed by atoms with Crippen LogP contribution >= 0.6 is 37.9 Å². The fourth-order valence-corrected chi connectivity index (χ4v) is 1.46. The molecule has 0 aromatic heterocycles. The Morgan fingerprint density at radius 3 is 2.16 bits per heavy atom. The van der Waals surface area contributed by atoms with Gasteiger partial charge in [0.1, 0.15) is 17.5 Å². The van der Waals surface area contributed by atoms with E-state index < -0.39 is 29.5 Å². The van der Waals surface area contributed by atoms with Crippen molar-refractivity contribution in [2.45, 2.75) is 6.04 Å². The van der Waals surface area contributed by atoms with Gasteiger partial charge in [-0.3, -0.25) is 15.0 Å². The van der Waals surface area contributed by atoms with Gasteiger partial charge in [0.05, 0.1) is 0 Å². The van der Waals surface area contributed by atoms with Gasteiger partial charge in [-0.15, -0.1) is 0 Å². The molecular formula is C9H13N3O4S3. The zero-order valence-electron chi connectivity index (χ0n) is 9.66. The van der Waals surface area contributed by atoms with Gasteiger partial charge < -0.3 is 10.4 Å². The fraction of sp³-hybridized carbons (Fsp3) is 0.444. The van der Waals surface area contributed by atoms with Crippen LogP contribution in [0.1, 0.15) is 0 Å². The van der Waals surface area contributed by atoms with Crippen LogP contribution in [0.5, 0.6) is 0 Å². The Morgan fingerprint density at radius 1 is 1.21 bits per heavy atom. The van der Waals surface area contributed by atoms with Crippen molar-refractivity contribution in [1.29, 1.82) is 5.41 Å². The van der Waals surface area contributed by atoms with E-state index in [9.17, 15) is 14.4 Å². The van der Waals surface area contributed by atoms with Crippen molar-refractivity contribution in [2.24, 2.45) is 4.99 Å². The lowest BCUT2D eigenvalue weighted by Crippen LogP contribution is -2.45. The maximum absolute atomic E-state index is 11.7. The Hall–Kier alpha value is -1.00. The number of hydrogen-bond acceptors (Lipinski definition) is 7. The van der Waals surface area contributed by atoms with Crippen LogP contribution < -0.4 is 5.32 Å². The third kappa shape index (κ3) is 6.12. The molecule has 0 saturated heterocycles. The molecule has 0 heterocycles. The smallest absolute Gasteiger partial charge is 0.351 e. The summed E-state index contributed by atoms with van der Waals surface area (Å²) in [4.78, 5) is 37.1. The average molecular weight is 323 g/mol. The zero-order chi connectivity index (χ0) is 15.0. The van der Waals surface area contributed by atoms with E-state index in [4.69, 9.17) is 10.5 Å². The molecule has 7 nitrogen and oxygen atoms in total. The summed E-state index contributed by atoms with van der Waals surface area (Å²) >= 11 is 11.4. The Labute approximate surface area is 126 Å². The van der Waals surface area contributed by atoms with E-state index in [1.807, 2.05) is 0 Å². The number of carboxylic acid groups (broad SMARTS) is 1. The highest BCUT2D eigenvalue weighted by atomic mass is 32.1. The summed E-state index contributed by atoms with van der Waals surface area (Å²) in [5, 5.41) is 18.2. The standard InChI is InChI=1S/C9H13N3O4S3/c10-4(1-17)7(13)11-5(2-18)8(14)12-6(3-19)9(15)16/h5,10,17-19H,1-3H2,(H,11,13)(H,15,16)/b10-4?,12-6+/t5-/m0/s1. The maximum atomic E-state index is 11.7. The highest BCUT2D eigenvalue weighted by molar-refractivity contribution is 7.81. The molecular weight excluding hydrogens is 310 g/mol. The summed E-state index contributed by atoms with van der Waals surface area (Å²) in [5.74, 6) is -3.38. The Bertz CT molecular complexity index is 425. The van der Waals surface area contributed by atoms with Gasteiger partial charge in [0.2, 0.25) is 0 Å². The minimum Gasteiger partial charge on any atom is -0.477 e. The summed E-state index contributed by atoms with van der Waals surface area (Å²) in [7, 11) is 0. The molecule has 10 heteroatoms. The van der Waals surface area contributed by atoms with Crippen molar-refractivity contribution in [1.82, 2.24) is 5.32 Å². The monoisotopic (exact) mass is 323 g/mol. The Kier molecular flexibility index (Phi) is 8.52. The minimum atomic E-state index is -1.37. The summed E-state index contributed by atoms with van der Waals surface area (Å²) in [6.45, 7) is 0. The van der Waals surface area contributed by atoms with Crippen molar-refractivity contribution >= 4 is 67.1 Å². The summed E-state index contributed by atoms with van der Waals surface area (Å²) in [6, 6.07) is -1.11. The molecule has 0 aromatic carbocycles. The highest BCUT2D eigenvalue weighted by Gasteiger charge is 2.22. The van der Waals surface area contributed by atoms with Gasteiger partial charge in [-0.25, -0.2) is 9.79 Å². The van der Waals surface area contributed by atoms with Gasteiger partial charge in [-0.05, 0) is 0 Å². The molecule has 2 amide bonds. The lowest BCUT2D eigenvalue weighted by Gasteiger charge is -2.13. The molecule has 0 aliphatic heterocycles. The first-order valence-corrected chi connectivity index (χ1v) is 6.82. The molecule has 0 fully saturated rings. The van der Waals surface area contributed by atoms with E-state index >= 15 is 0 Å². The molecule has 0 aromatic rings. The number of nitrogens with one attached hydrogen (secondary N) is 2. The lowest BCUT2D eigenvalue weighted by molar-refractivity contribution is -0.130. The number of hydrogen-bond donors (Lipinski definition) is 6. The number of thiol groups is 3. The topological polar surface area (TPSA) is 120 Å². The van der Waals surface area contributed by atoms with Gasteiger partial charge in [0.15, 0.2) is 0 Å². The summed E-state index contributed by atoms with van der Waals surface area (Å²) < 4.78 is 0. The molecule has 0 radical (unpaired) electrons. The second-order valence-electron chi connectivity index (χ2n) is 3.21. The number of amides is 2. The highest BCUT2D eigenvalue weighted by Crippen LogP contribution is 1.96. The van der Waals surface area contributed by atoms with E-state index in [1.165, 1.54) is 0 Å². The van der Waals surface area contributed by atoms with E-state index in [0.717, 1.165) is 0 Å². The maximum Gasteiger partial charge on any atom is 0.351 e. The van der Waals surface area contributed by atoms with E-state index in [-0.39, 0.29) is 23.0 Å². The van der Waals surface area contributed by atoms with E-state index in [1.54, 1.807) is 0 Å². The van der Waals surface area contributed by atoms with Crippen LogP contribution in [0.25, 0.3) is 0 Å². The van der Waals surface area contributed by atoms with Crippen molar-refractivity contribution < 1.29 is 19.5 Å². The first-order valence-electron chi connectivity index (χ1n) is 4.92. The predicted octanol–water partition coefficient (Wildman–Crippen LogP) is -0.667. The van der Waals surface area contributed by atoms with E-state index in [2.05, 4.69) is 48.2 Å². The summed E-state index contributed by atoms with van der Waals surface area (Å²) in [5.41, 5.74) is -0.752. The molecule has 0 aliphatic carbocycles. The first kappa shape index (κ1) is 18.0. The normalized spacial score (nSPS) is 12.7. The van der Waals surface area contributed by atoms with Gasteiger partial charge in [-0.2, -0.15) is 37.9 Å². The number of carbonyl (C=O) groups is 3. The molecule has 0 aliphatic rings.